The van der Waals surface area contributed by atoms with Gasteiger partial charge in [0.1, 0.15) is 5.69 Å². The van der Waals surface area contributed by atoms with Crippen LogP contribution >= 0.6 is 0 Å². The number of aromatic nitrogens is 1. The molecule has 1 amide bonds. The van der Waals surface area contributed by atoms with Crippen molar-refractivity contribution in [3.05, 3.63) is 24.0 Å². The molecule has 5 N–H and O–H groups in total. The zero-order valence-corrected chi connectivity index (χ0v) is 10.1. The lowest BCUT2D eigenvalue weighted by Gasteiger charge is -2.24. The second-order valence-corrected chi connectivity index (χ2v) is 4.46. The first-order valence-electron chi connectivity index (χ1n) is 5.93. The first kappa shape index (κ1) is 12.3. The molecule has 1 saturated carbocycles. The summed E-state index contributed by atoms with van der Waals surface area (Å²) in [5.74, 6) is -0.357. The Morgan fingerprint density at radius 2 is 2.22 bits per heavy atom. The van der Waals surface area contributed by atoms with Gasteiger partial charge in [0.2, 0.25) is 0 Å². The number of carbonyl (C=O) groups is 1. The summed E-state index contributed by atoms with van der Waals surface area (Å²) in [6, 6.07) is 4.03. The fraction of sp³-hybridized carbons (Fsp3) is 0.417. The molecule has 1 heterocycles. The summed E-state index contributed by atoms with van der Waals surface area (Å²) < 4.78 is 0. The van der Waals surface area contributed by atoms with Crippen molar-refractivity contribution in [2.75, 3.05) is 11.4 Å². The van der Waals surface area contributed by atoms with Gasteiger partial charge in [0.05, 0.1) is 5.84 Å². The quantitative estimate of drug-likeness (QED) is 0.501. The lowest BCUT2D eigenvalue weighted by molar-refractivity contribution is 0.0995. The summed E-state index contributed by atoms with van der Waals surface area (Å²) in [5, 5.41) is 7.29. The molecule has 0 saturated heterocycles. The lowest BCUT2D eigenvalue weighted by Crippen LogP contribution is -2.30. The number of nitrogens with two attached hydrogens (primary N) is 2. The third-order valence-electron chi connectivity index (χ3n) is 2.94. The molecule has 0 aromatic carbocycles. The number of hydrogen-bond acceptors (Lipinski definition) is 4. The number of amidine groups is 1. The first-order valence-corrected chi connectivity index (χ1v) is 5.93. The van der Waals surface area contributed by atoms with Crippen molar-refractivity contribution >= 4 is 17.4 Å². The Bertz CT molecular complexity index is 469. The predicted octanol–water partition coefficient (Wildman–Crippen LogP) is 0.475. The summed E-state index contributed by atoms with van der Waals surface area (Å²) in [7, 11) is 0. The largest absolute Gasteiger partial charge is 0.388 e. The molecule has 0 radical (unpaired) electrons. The van der Waals surface area contributed by atoms with Crippen LogP contribution in [-0.4, -0.2) is 29.3 Å². The van der Waals surface area contributed by atoms with Crippen LogP contribution in [0.1, 0.15) is 29.8 Å². The van der Waals surface area contributed by atoms with E-state index in [1.54, 1.807) is 12.3 Å². The molecule has 1 aromatic rings. The molecule has 18 heavy (non-hydrogen) atoms. The highest BCUT2D eigenvalue weighted by molar-refractivity contribution is 5.91. The van der Waals surface area contributed by atoms with Gasteiger partial charge >= 0.3 is 0 Å². The van der Waals surface area contributed by atoms with E-state index in [0.717, 1.165) is 18.5 Å². The summed E-state index contributed by atoms with van der Waals surface area (Å²) in [4.78, 5) is 17.2. The molecule has 6 nitrogen and oxygen atoms in total. The maximum absolute atomic E-state index is 11.1. The number of nitrogens with one attached hydrogen (secondary N) is 1. The second kappa shape index (κ2) is 5.03. The number of pyridine rings is 1. The molecule has 0 bridgehead atoms. The molecule has 1 fully saturated rings. The minimum atomic E-state index is -0.529. The van der Waals surface area contributed by atoms with Crippen molar-refractivity contribution in [3.8, 4) is 0 Å². The number of nitrogens with zero attached hydrogens (tertiary/aromatic N) is 2. The molecule has 2 rings (SSSR count). The fourth-order valence-corrected chi connectivity index (χ4v) is 1.88. The summed E-state index contributed by atoms with van der Waals surface area (Å²) in [5.41, 5.74) is 11.8. The number of anilines is 1. The van der Waals surface area contributed by atoms with E-state index in [2.05, 4.69) is 9.88 Å². The van der Waals surface area contributed by atoms with Gasteiger partial charge in [0, 0.05) is 30.9 Å². The third-order valence-corrected chi connectivity index (χ3v) is 2.94. The molecule has 0 aliphatic heterocycles. The maximum Gasteiger partial charge on any atom is 0.267 e. The van der Waals surface area contributed by atoms with Gasteiger partial charge in [-0.3, -0.25) is 15.2 Å². The third kappa shape index (κ3) is 2.97. The van der Waals surface area contributed by atoms with E-state index in [-0.39, 0.29) is 11.5 Å². The van der Waals surface area contributed by atoms with Crippen LogP contribution in [0.15, 0.2) is 18.3 Å². The zero-order chi connectivity index (χ0) is 13.1. The zero-order valence-electron chi connectivity index (χ0n) is 10.1. The van der Waals surface area contributed by atoms with Crippen LogP contribution in [0.3, 0.4) is 0 Å². The Balaban J connectivity index is 2.16. The van der Waals surface area contributed by atoms with E-state index in [9.17, 15) is 4.79 Å². The Hall–Kier alpha value is -2.11. The Morgan fingerprint density at radius 1 is 1.50 bits per heavy atom. The van der Waals surface area contributed by atoms with E-state index in [4.69, 9.17) is 16.9 Å². The van der Waals surface area contributed by atoms with Gasteiger partial charge in [-0.2, -0.15) is 0 Å². The smallest absolute Gasteiger partial charge is 0.267 e. The van der Waals surface area contributed by atoms with Crippen LogP contribution in [0.4, 0.5) is 5.69 Å². The summed E-state index contributed by atoms with van der Waals surface area (Å²) >= 11 is 0. The van der Waals surface area contributed by atoms with E-state index >= 15 is 0 Å². The predicted molar refractivity (Wildman–Crippen MR) is 69.7 cm³/mol. The van der Waals surface area contributed by atoms with Crippen LogP contribution in [-0.2, 0) is 0 Å². The van der Waals surface area contributed by atoms with Crippen molar-refractivity contribution in [3.63, 3.8) is 0 Å². The van der Waals surface area contributed by atoms with E-state index in [1.807, 2.05) is 6.07 Å². The number of hydrogen-bond donors (Lipinski definition) is 3. The highest BCUT2D eigenvalue weighted by Gasteiger charge is 2.29. The Morgan fingerprint density at radius 3 is 2.78 bits per heavy atom. The first-order chi connectivity index (χ1) is 8.58. The monoisotopic (exact) mass is 247 g/mol. The Labute approximate surface area is 105 Å². The van der Waals surface area contributed by atoms with Crippen LogP contribution in [0.2, 0.25) is 0 Å². The van der Waals surface area contributed by atoms with Gasteiger partial charge in [0.25, 0.3) is 5.91 Å². The van der Waals surface area contributed by atoms with E-state index < -0.39 is 5.91 Å². The SMILES string of the molecule is N=C(N)CCN(c1ccnc(C(N)=O)c1)C1CC1. The van der Waals surface area contributed by atoms with Crippen molar-refractivity contribution < 1.29 is 4.79 Å². The number of amides is 1. The minimum Gasteiger partial charge on any atom is -0.388 e. The lowest BCUT2D eigenvalue weighted by atomic mass is 10.2. The standard InChI is InChI=1S/C12H17N5O/c13-11(14)4-6-17(8-1-2-8)9-3-5-16-10(7-9)12(15)18/h3,5,7-8H,1-2,4,6H2,(H3,13,14)(H2,15,18). The van der Waals surface area contributed by atoms with Gasteiger partial charge in [-0.25, -0.2) is 0 Å². The minimum absolute atomic E-state index is 0.171. The van der Waals surface area contributed by atoms with Crippen LogP contribution < -0.4 is 16.4 Å². The van der Waals surface area contributed by atoms with Crippen molar-refractivity contribution in [2.24, 2.45) is 11.5 Å². The number of rotatable bonds is 6. The summed E-state index contributed by atoms with van der Waals surface area (Å²) in [6.07, 6.45) is 4.36. The molecular weight excluding hydrogens is 230 g/mol. The maximum atomic E-state index is 11.1. The molecule has 1 aliphatic rings. The molecule has 0 spiro atoms. The van der Waals surface area contributed by atoms with Gasteiger partial charge < -0.3 is 16.4 Å². The number of carbonyl (C=O) groups excluding carboxylic acids is 1. The topological polar surface area (TPSA) is 109 Å². The van der Waals surface area contributed by atoms with E-state index in [0.29, 0.717) is 19.0 Å². The van der Waals surface area contributed by atoms with Gasteiger partial charge in [0.15, 0.2) is 0 Å². The average Bonchev–Trinajstić information content (AvgIpc) is 3.14. The van der Waals surface area contributed by atoms with Crippen molar-refractivity contribution in [1.82, 2.24) is 4.98 Å². The normalized spacial score (nSPS) is 14.2. The van der Waals surface area contributed by atoms with Crippen molar-refractivity contribution in [1.29, 1.82) is 5.41 Å². The second-order valence-electron chi connectivity index (χ2n) is 4.46. The van der Waals surface area contributed by atoms with Gasteiger partial charge in [-0.05, 0) is 25.0 Å². The van der Waals surface area contributed by atoms with Crippen LogP contribution in [0.25, 0.3) is 0 Å². The molecule has 0 unspecified atom stereocenters. The molecule has 1 aromatic heterocycles. The highest BCUT2D eigenvalue weighted by atomic mass is 16.1. The van der Waals surface area contributed by atoms with E-state index in [1.165, 1.54) is 0 Å². The fourth-order valence-electron chi connectivity index (χ4n) is 1.88. The van der Waals surface area contributed by atoms with Gasteiger partial charge in [-0.1, -0.05) is 0 Å². The molecule has 0 atom stereocenters. The summed E-state index contributed by atoms with van der Waals surface area (Å²) in [6.45, 7) is 0.683. The van der Waals surface area contributed by atoms with Crippen LogP contribution in [0.5, 0.6) is 0 Å². The van der Waals surface area contributed by atoms with Gasteiger partial charge in [-0.15, -0.1) is 0 Å². The van der Waals surface area contributed by atoms with Crippen molar-refractivity contribution in [2.45, 2.75) is 25.3 Å². The number of primary amides is 1. The molecular formula is C12H17N5O. The molecule has 96 valence electrons. The average molecular weight is 247 g/mol. The molecule has 1 aliphatic carbocycles. The Kier molecular flexibility index (Phi) is 3.45. The molecule has 6 heteroatoms. The van der Waals surface area contributed by atoms with Crippen LogP contribution in [0, 0.1) is 5.41 Å². The highest BCUT2D eigenvalue weighted by Crippen LogP contribution is 2.31.